The fourth-order valence-electron chi connectivity index (χ4n) is 1.90. The Labute approximate surface area is 94.9 Å². The van der Waals surface area contributed by atoms with E-state index in [9.17, 15) is 0 Å². The predicted molar refractivity (Wildman–Crippen MR) is 67.1 cm³/mol. The van der Waals surface area contributed by atoms with E-state index in [1.165, 1.54) is 36.6 Å². The molecule has 0 aromatic heterocycles. The summed E-state index contributed by atoms with van der Waals surface area (Å²) in [4.78, 5) is 2.29. The van der Waals surface area contributed by atoms with Crippen molar-refractivity contribution in [2.45, 2.75) is 37.8 Å². The van der Waals surface area contributed by atoms with E-state index in [2.05, 4.69) is 43.6 Å². The molecule has 0 amide bonds. The molecule has 0 saturated carbocycles. The summed E-state index contributed by atoms with van der Waals surface area (Å²) in [5, 5.41) is 2.84. The van der Waals surface area contributed by atoms with Crippen molar-refractivity contribution < 1.29 is 0 Å². The van der Waals surface area contributed by atoms with Crippen LogP contribution in [0, 0.1) is 0 Å². The molecule has 0 aliphatic rings. The molecule has 0 aliphatic heterocycles. The first kappa shape index (κ1) is 14.5. The van der Waals surface area contributed by atoms with Gasteiger partial charge in [-0.05, 0) is 33.6 Å². The van der Waals surface area contributed by atoms with Gasteiger partial charge in [0.15, 0.2) is 0 Å². The number of likely N-dealkylation sites (N-methyl/N-ethyl adjacent to an activating group) is 1. The molecule has 0 radical (unpaired) electrons. The lowest BCUT2D eigenvalue weighted by molar-refractivity contribution is 0.334. The number of nitrogens with zero attached hydrogens (tertiary/aromatic N) is 2. The summed E-state index contributed by atoms with van der Waals surface area (Å²) in [7, 11) is 4.33. The summed E-state index contributed by atoms with van der Waals surface area (Å²) in [6, 6.07) is 0. The zero-order chi connectivity index (χ0) is 11.0. The molecule has 3 heteroatoms. The molecule has 0 fully saturated rings. The van der Waals surface area contributed by atoms with Gasteiger partial charge in [0.05, 0.1) is 0 Å². The van der Waals surface area contributed by atoms with E-state index < -0.39 is 14.4 Å². The standard InChI is InChI=1S/C7H17N2.2C2H5.Al/c1-4-5-8-6-7-9(2)3;2*1-2;/h4-7H2,1-3H3;2*1H2,2H3;/q-1;;;+1. The lowest BCUT2D eigenvalue weighted by Gasteiger charge is -2.28. The zero-order valence-electron chi connectivity index (χ0n) is 10.7. The van der Waals surface area contributed by atoms with Crippen molar-refractivity contribution in [2.24, 2.45) is 0 Å². The van der Waals surface area contributed by atoms with Crippen LogP contribution >= 0.6 is 0 Å². The van der Waals surface area contributed by atoms with Gasteiger partial charge in [-0.1, -0.05) is 31.3 Å². The molecule has 14 heavy (non-hydrogen) atoms. The maximum atomic E-state index is 2.78. The van der Waals surface area contributed by atoms with Gasteiger partial charge in [0.1, 0.15) is 0 Å². The molecule has 0 aliphatic carbocycles. The van der Waals surface area contributed by atoms with E-state index in [0.717, 1.165) is 0 Å². The normalized spacial score (nSPS) is 11.4. The summed E-state index contributed by atoms with van der Waals surface area (Å²) in [6.45, 7) is 10.8. The smallest absolute Gasteiger partial charge is 0.372 e. The van der Waals surface area contributed by atoms with Crippen LogP contribution in [0.3, 0.4) is 0 Å². The third-order valence-electron chi connectivity index (χ3n) is 2.80. The van der Waals surface area contributed by atoms with Crippen LogP contribution in [-0.4, -0.2) is 56.9 Å². The molecule has 0 atom stereocenters. The average Bonchev–Trinajstić information content (AvgIpc) is 2.15. The Morgan fingerprint density at radius 1 is 0.857 bits per heavy atom. The van der Waals surface area contributed by atoms with Gasteiger partial charge in [0.25, 0.3) is 0 Å². The Kier molecular flexibility index (Phi) is 9.02. The first-order chi connectivity index (χ1) is 6.65. The maximum absolute atomic E-state index is 2.78. The topological polar surface area (TPSA) is 6.48 Å². The molecule has 0 aromatic carbocycles. The van der Waals surface area contributed by atoms with E-state index in [0.29, 0.717) is 0 Å². The molecule has 0 unspecified atom stereocenters. The van der Waals surface area contributed by atoms with E-state index in [1.54, 1.807) is 0 Å². The van der Waals surface area contributed by atoms with Crippen LogP contribution < -0.4 is 0 Å². The fourth-order valence-corrected chi connectivity index (χ4v) is 4.61. The second kappa shape index (κ2) is 8.74. The van der Waals surface area contributed by atoms with E-state index >= 15 is 0 Å². The maximum Gasteiger partial charge on any atom is 0.372 e. The van der Waals surface area contributed by atoms with E-state index in [1.807, 2.05) is 0 Å². The molecule has 84 valence electrons. The van der Waals surface area contributed by atoms with E-state index in [-0.39, 0.29) is 0 Å². The largest absolute Gasteiger partial charge is 0.384 e. The first-order valence-electron chi connectivity index (χ1n) is 6.04. The molecular formula is C11H27AlN2. The number of hydrogen-bond donors (Lipinski definition) is 0. The highest BCUT2D eigenvalue weighted by Crippen LogP contribution is 2.06. The highest BCUT2D eigenvalue weighted by molar-refractivity contribution is 6.55. The highest BCUT2D eigenvalue weighted by Gasteiger charge is 2.21. The Balaban J connectivity index is 3.98. The summed E-state index contributed by atoms with van der Waals surface area (Å²) < 4.78 is 2.78. The van der Waals surface area contributed by atoms with Gasteiger partial charge in [0, 0.05) is 6.54 Å². The van der Waals surface area contributed by atoms with Gasteiger partial charge in [-0.3, -0.25) is 0 Å². The van der Waals surface area contributed by atoms with Crippen LogP contribution in [0.2, 0.25) is 10.6 Å². The van der Waals surface area contributed by atoms with Crippen molar-refractivity contribution in [1.82, 2.24) is 8.78 Å². The SMILES string of the molecule is CCC[N](CCN(C)C)[Al]([CH2]C)[CH2]C. The lowest BCUT2D eigenvalue weighted by Crippen LogP contribution is -2.42. The molecule has 2 nitrogen and oxygen atoms in total. The van der Waals surface area contributed by atoms with Crippen LogP contribution in [0.4, 0.5) is 0 Å². The van der Waals surface area contributed by atoms with Crippen LogP contribution in [0.1, 0.15) is 27.2 Å². The van der Waals surface area contributed by atoms with Crippen molar-refractivity contribution in [3.8, 4) is 0 Å². The summed E-state index contributed by atoms with van der Waals surface area (Å²) in [5.74, 6) is 0. The monoisotopic (exact) mass is 214 g/mol. The quantitative estimate of drug-likeness (QED) is 0.572. The Morgan fingerprint density at radius 2 is 1.43 bits per heavy atom. The van der Waals surface area contributed by atoms with Gasteiger partial charge < -0.3 is 8.78 Å². The fraction of sp³-hybridized carbons (Fsp3) is 1.00. The number of hydrogen-bond acceptors (Lipinski definition) is 2. The van der Waals surface area contributed by atoms with Gasteiger partial charge >= 0.3 is 14.4 Å². The lowest BCUT2D eigenvalue weighted by atomic mass is 10.4. The predicted octanol–water partition coefficient (Wildman–Crippen LogP) is 2.29. The molecular weight excluding hydrogens is 187 g/mol. The minimum Gasteiger partial charge on any atom is -0.384 e. The van der Waals surface area contributed by atoms with Crippen molar-refractivity contribution in [3.63, 3.8) is 0 Å². The van der Waals surface area contributed by atoms with Gasteiger partial charge in [-0.2, -0.15) is 0 Å². The third kappa shape index (κ3) is 6.03. The van der Waals surface area contributed by atoms with E-state index in [4.69, 9.17) is 0 Å². The second-order valence-electron chi connectivity index (χ2n) is 4.31. The summed E-state index contributed by atoms with van der Waals surface area (Å²) >= 11 is -0.577. The molecule has 0 heterocycles. The Bertz CT molecular complexity index is 124. The Hall–Kier alpha value is 0.452. The van der Waals surface area contributed by atoms with Crippen molar-refractivity contribution in [3.05, 3.63) is 0 Å². The molecule has 0 bridgehead atoms. The minimum atomic E-state index is -0.577. The van der Waals surface area contributed by atoms with Crippen LogP contribution in [-0.2, 0) is 0 Å². The van der Waals surface area contributed by atoms with Crippen molar-refractivity contribution >= 4 is 14.4 Å². The molecule has 0 saturated heterocycles. The van der Waals surface area contributed by atoms with Gasteiger partial charge in [-0.15, -0.1) is 0 Å². The van der Waals surface area contributed by atoms with Gasteiger partial charge in [0.2, 0.25) is 0 Å². The molecule has 0 spiro atoms. The second-order valence-corrected chi connectivity index (χ2v) is 7.98. The molecule has 0 N–H and O–H groups in total. The minimum absolute atomic E-state index is 0.577. The van der Waals surface area contributed by atoms with Crippen molar-refractivity contribution in [1.29, 1.82) is 0 Å². The average molecular weight is 214 g/mol. The van der Waals surface area contributed by atoms with Crippen molar-refractivity contribution in [2.75, 3.05) is 33.7 Å². The third-order valence-corrected chi connectivity index (χ3v) is 6.24. The highest BCUT2D eigenvalue weighted by atomic mass is 27.2. The molecule has 0 rings (SSSR count). The van der Waals surface area contributed by atoms with Crippen LogP contribution in [0.15, 0.2) is 0 Å². The summed E-state index contributed by atoms with van der Waals surface area (Å²) in [6.07, 6.45) is 1.30. The zero-order valence-corrected chi connectivity index (χ0v) is 11.9. The Morgan fingerprint density at radius 3 is 1.79 bits per heavy atom. The van der Waals surface area contributed by atoms with Gasteiger partial charge in [-0.25, -0.2) is 0 Å². The number of rotatable bonds is 8. The van der Waals surface area contributed by atoms with Crippen LogP contribution in [0.25, 0.3) is 0 Å². The molecule has 0 aromatic rings. The van der Waals surface area contributed by atoms with Crippen LogP contribution in [0.5, 0.6) is 0 Å². The first-order valence-corrected chi connectivity index (χ1v) is 8.19. The summed E-state index contributed by atoms with van der Waals surface area (Å²) in [5.41, 5.74) is 0.